The van der Waals surface area contributed by atoms with Crippen molar-refractivity contribution in [2.24, 2.45) is 0 Å². The van der Waals surface area contributed by atoms with Gasteiger partial charge in [0.25, 0.3) is 5.91 Å². The fourth-order valence-electron chi connectivity index (χ4n) is 3.58. The standard InChI is InChI=1S/C22H19F3N2O3/c1-14-5-6-19-17(11-14)18(28)13-20(30-19)21(29)27-9-7-26(8-10-27)16-4-2-3-15(12-16)22(23,24)25/h2-6,11-13H,7-10H2,1H3. The van der Waals surface area contributed by atoms with Crippen LogP contribution >= 0.6 is 0 Å². The molecule has 1 aromatic heterocycles. The van der Waals surface area contributed by atoms with Gasteiger partial charge in [-0.25, -0.2) is 0 Å². The van der Waals surface area contributed by atoms with Crippen molar-refractivity contribution in [1.82, 2.24) is 4.90 Å². The number of hydrogen-bond donors (Lipinski definition) is 0. The number of fused-ring (bicyclic) bond motifs is 1. The molecule has 0 saturated carbocycles. The van der Waals surface area contributed by atoms with E-state index < -0.39 is 17.6 Å². The molecule has 0 bridgehead atoms. The van der Waals surface area contributed by atoms with Gasteiger partial charge in [0, 0.05) is 37.9 Å². The molecule has 0 atom stereocenters. The normalized spacial score (nSPS) is 14.9. The molecule has 0 aliphatic carbocycles. The number of rotatable bonds is 2. The third-order valence-electron chi connectivity index (χ3n) is 5.20. The van der Waals surface area contributed by atoms with Gasteiger partial charge in [-0.15, -0.1) is 0 Å². The number of aryl methyl sites for hydroxylation is 1. The minimum atomic E-state index is -4.40. The molecule has 1 amide bonds. The van der Waals surface area contributed by atoms with Crippen LogP contribution in [0.1, 0.15) is 21.7 Å². The van der Waals surface area contributed by atoms with Gasteiger partial charge in [-0.2, -0.15) is 13.2 Å². The lowest BCUT2D eigenvalue weighted by atomic mass is 10.1. The van der Waals surface area contributed by atoms with Gasteiger partial charge >= 0.3 is 6.18 Å². The summed E-state index contributed by atoms with van der Waals surface area (Å²) in [7, 11) is 0. The first-order valence-electron chi connectivity index (χ1n) is 9.48. The zero-order chi connectivity index (χ0) is 21.5. The Bertz CT molecular complexity index is 1160. The fourth-order valence-corrected chi connectivity index (χ4v) is 3.58. The summed E-state index contributed by atoms with van der Waals surface area (Å²) in [5.74, 6) is -0.442. The van der Waals surface area contributed by atoms with E-state index in [-0.39, 0.29) is 11.2 Å². The minimum absolute atomic E-state index is 0.0381. The molecule has 5 nitrogen and oxygen atoms in total. The van der Waals surface area contributed by atoms with Gasteiger partial charge < -0.3 is 14.2 Å². The predicted molar refractivity (Wildman–Crippen MR) is 107 cm³/mol. The van der Waals surface area contributed by atoms with Gasteiger partial charge in [-0.3, -0.25) is 9.59 Å². The summed E-state index contributed by atoms with van der Waals surface area (Å²) in [5, 5.41) is 0.418. The van der Waals surface area contributed by atoms with Gasteiger partial charge in [0.05, 0.1) is 10.9 Å². The Balaban J connectivity index is 1.49. The summed E-state index contributed by atoms with van der Waals surface area (Å²) in [6.45, 7) is 3.24. The lowest BCUT2D eigenvalue weighted by Gasteiger charge is -2.36. The molecule has 0 radical (unpaired) electrons. The van der Waals surface area contributed by atoms with E-state index in [4.69, 9.17) is 4.42 Å². The number of amides is 1. The van der Waals surface area contributed by atoms with E-state index in [1.54, 1.807) is 34.1 Å². The van der Waals surface area contributed by atoms with Crippen LogP contribution in [0, 0.1) is 6.92 Å². The summed E-state index contributed by atoms with van der Waals surface area (Å²) in [5.41, 5.74) is 0.737. The Labute approximate surface area is 170 Å². The molecule has 4 rings (SSSR count). The monoisotopic (exact) mass is 416 g/mol. The number of alkyl halides is 3. The molecular weight excluding hydrogens is 397 g/mol. The summed E-state index contributed by atoms with van der Waals surface area (Å²) >= 11 is 0. The predicted octanol–water partition coefficient (Wildman–Crippen LogP) is 4.08. The molecular formula is C22H19F3N2O3. The van der Waals surface area contributed by atoms with E-state index in [1.165, 1.54) is 12.1 Å². The SMILES string of the molecule is Cc1ccc2oc(C(=O)N3CCN(c4cccc(C(F)(F)F)c4)CC3)cc(=O)c2c1. The van der Waals surface area contributed by atoms with Crippen LogP contribution < -0.4 is 10.3 Å². The Kier molecular flexibility index (Phi) is 5.01. The Morgan fingerprint density at radius 2 is 1.73 bits per heavy atom. The third-order valence-corrected chi connectivity index (χ3v) is 5.20. The van der Waals surface area contributed by atoms with Crippen LogP contribution in [0.25, 0.3) is 11.0 Å². The largest absolute Gasteiger partial charge is 0.451 e. The highest BCUT2D eigenvalue weighted by Crippen LogP contribution is 2.32. The molecule has 1 aliphatic heterocycles. The van der Waals surface area contributed by atoms with Crippen molar-refractivity contribution in [3.63, 3.8) is 0 Å². The number of piperazine rings is 1. The van der Waals surface area contributed by atoms with E-state index >= 15 is 0 Å². The van der Waals surface area contributed by atoms with Gasteiger partial charge in [-0.05, 0) is 37.3 Å². The van der Waals surface area contributed by atoms with Crippen LogP contribution in [0.5, 0.6) is 0 Å². The number of nitrogens with zero attached hydrogens (tertiary/aromatic N) is 2. The molecule has 0 spiro atoms. The van der Waals surface area contributed by atoms with Gasteiger partial charge in [0.2, 0.25) is 0 Å². The summed E-state index contributed by atoms with van der Waals surface area (Å²) in [6.07, 6.45) is -4.40. The van der Waals surface area contributed by atoms with Crippen LogP contribution in [0.3, 0.4) is 0 Å². The average Bonchev–Trinajstić information content (AvgIpc) is 2.73. The molecule has 8 heteroatoms. The van der Waals surface area contributed by atoms with Crippen molar-refractivity contribution in [1.29, 1.82) is 0 Å². The highest BCUT2D eigenvalue weighted by molar-refractivity contribution is 5.93. The van der Waals surface area contributed by atoms with Gasteiger partial charge in [0.1, 0.15) is 5.58 Å². The van der Waals surface area contributed by atoms with E-state index in [1.807, 2.05) is 6.92 Å². The minimum Gasteiger partial charge on any atom is -0.451 e. The first kappa shape index (κ1) is 20.0. The molecule has 156 valence electrons. The lowest BCUT2D eigenvalue weighted by Crippen LogP contribution is -2.49. The molecule has 2 aromatic carbocycles. The molecule has 30 heavy (non-hydrogen) atoms. The number of anilines is 1. The summed E-state index contributed by atoms with van der Waals surface area (Å²) in [6, 6.07) is 11.5. The Hall–Kier alpha value is -3.29. The maximum absolute atomic E-state index is 12.9. The second kappa shape index (κ2) is 7.51. The molecule has 0 unspecified atom stereocenters. The fraction of sp³-hybridized carbons (Fsp3) is 0.273. The second-order valence-corrected chi connectivity index (χ2v) is 7.30. The second-order valence-electron chi connectivity index (χ2n) is 7.30. The summed E-state index contributed by atoms with van der Waals surface area (Å²) < 4.78 is 44.5. The molecule has 1 fully saturated rings. The highest BCUT2D eigenvalue weighted by Gasteiger charge is 2.31. The van der Waals surface area contributed by atoms with Crippen molar-refractivity contribution in [2.75, 3.05) is 31.1 Å². The quantitative estimate of drug-likeness (QED) is 0.632. The van der Waals surface area contributed by atoms with Crippen molar-refractivity contribution in [2.45, 2.75) is 13.1 Å². The van der Waals surface area contributed by atoms with Crippen molar-refractivity contribution in [3.8, 4) is 0 Å². The Morgan fingerprint density at radius 3 is 2.43 bits per heavy atom. The van der Waals surface area contributed by atoms with Gasteiger partial charge in [-0.1, -0.05) is 17.7 Å². The van der Waals surface area contributed by atoms with Crippen LogP contribution in [-0.4, -0.2) is 37.0 Å². The molecule has 3 aromatic rings. The smallest absolute Gasteiger partial charge is 0.416 e. The van der Waals surface area contributed by atoms with Crippen LogP contribution in [0.4, 0.5) is 18.9 Å². The first-order chi connectivity index (χ1) is 14.2. The highest BCUT2D eigenvalue weighted by atomic mass is 19.4. The number of carbonyl (C=O) groups is 1. The van der Waals surface area contributed by atoms with E-state index in [0.717, 1.165) is 17.7 Å². The molecule has 1 saturated heterocycles. The zero-order valence-corrected chi connectivity index (χ0v) is 16.2. The molecule has 0 N–H and O–H groups in total. The molecule has 2 heterocycles. The van der Waals surface area contributed by atoms with Crippen LogP contribution in [0.15, 0.2) is 57.7 Å². The van der Waals surface area contributed by atoms with Crippen molar-refractivity contribution >= 4 is 22.6 Å². The van der Waals surface area contributed by atoms with E-state index in [2.05, 4.69) is 0 Å². The third kappa shape index (κ3) is 3.90. The number of halogens is 3. The molecule has 1 aliphatic rings. The first-order valence-corrected chi connectivity index (χ1v) is 9.48. The van der Waals surface area contributed by atoms with Crippen molar-refractivity contribution in [3.05, 3.63) is 75.6 Å². The van der Waals surface area contributed by atoms with Crippen LogP contribution in [-0.2, 0) is 6.18 Å². The van der Waals surface area contributed by atoms with Crippen LogP contribution in [0.2, 0.25) is 0 Å². The maximum atomic E-state index is 12.9. The van der Waals surface area contributed by atoms with Crippen molar-refractivity contribution < 1.29 is 22.4 Å². The van der Waals surface area contributed by atoms with E-state index in [0.29, 0.717) is 42.8 Å². The van der Waals surface area contributed by atoms with E-state index in [9.17, 15) is 22.8 Å². The summed E-state index contributed by atoms with van der Waals surface area (Å²) in [4.78, 5) is 28.5. The number of hydrogen-bond acceptors (Lipinski definition) is 4. The Morgan fingerprint density at radius 1 is 1.00 bits per heavy atom. The maximum Gasteiger partial charge on any atom is 0.416 e. The zero-order valence-electron chi connectivity index (χ0n) is 16.2. The number of carbonyl (C=O) groups excluding carboxylic acids is 1. The van der Waals surface area contributed by atoms with Gasteiger partial charge in [0.15, 0.2) is 11.2 Å². The topological polar surface area (TPSA) is 53.8 Å². The lowest BCUT2D eigenvalue weighted by molar-refractivity contribution is -0.137. The number of benzene rings is 2. The average molecular weight is 416 g/mol.